The van der Waals surface area contributed by atoms with Crippen molar-refractivity contribution in [1.29, 1.82) is 0 Å². The van der Waals surface area contributed by atoms with Crippen molar-refractivity contribution >= 4 is 17.4 Å². The molecule has 2 atom stereocenters. The summed E-state index contributed by atoms with van der Waals surface area (Å²) in [5.41, 5.74) is 3.31. The van der Waals surface area contributed by atoms with E-state index in [1.54, 1.807) is 22.7 Å². The summed E-state index contributed by atoms with van der Waals surface area (Å²) in [6.45, 7) is 20.6. The Morgan fingerprint density at radius 3 is 2.47 bits per heavy atom. The minimum atomic E-state index is -1.27. The number of carboxylic acid groups (broad SMARTS) is 1. The molecule has 4 aromatic rings. The monoisotopic (exact) mass is 670 g/mol. The molecule has 1 aliphatic heterocycles. The average Bonchev–Trinajstić information content (AvgIpc) is 3.47. The molecule has 1 fully saturated rings. The van der Waals surface area contributed by atoms with E-state index in [4.69, 9.17) is 24.3 Å². The first-order chi connectivity index (χ1) is 23.2. The van der Waals surface area contributed by atoms with Gasteiger partial charge in [0.15, 0.2) is 11.8 Å². The summed E-state index contributed by atoms with van der Waals surface area (Å²) >= 11 is 0. The molecule has 2 unspecified atom stereocenters. The van der Waals surface area contributed by atoms with E-state index in [1.165, 1.54) is 12.1 Å². The second-order valence-electron chi connectivity index (χ2n) is 13.9. The number of anilines is 1. The molecule has 1 N–H and O–H groups in total. The molecule has 0 spiro atoms. The minimum Gasteiger partial charge on any atom is -0.490 e. The number of hydrogen-bond acceptors (Lipinski definition) is 7. The summed E-state index contributed by atoms with van der Waals surface area (Å²) in [5, 5.41) is 15.5. The number of aromatic nitrogens is 3. The molecule has 0 aliphatic carbocycles. The van der Waals surface area contributed by atoms with Crippen molar-refractivity contribution in [3.8, 4) is 28.1 Å². The van der Waals surface area contributed by atoms with Crippen LogP contribution in [0.3, 0.4) is 0 Å². The number of halogens is 1. The summed E-state index contributed by atoms with van der Waals surface area (Å²) in [6.07, 6.45) is 4.23. The summed E-state index contributed by atoms with van der Waals surface area (Å²) < 4.78 is 34.7. The van der Waals surface area contributed by atoms with Gasteiger partial charge in [0, 0.05) is 42.4 Å². The van der Waals surface area contributed by atoms with Gasteiger partial charge in [0.25, 0.3) is 0 Å². The van der Waals surface area contributed by atoms with E-state index in [2.05, 4.69) is 25.0 Å². The third kappa shape index (κ3) is 8.20. The molecule has 10 heteroatoms. The lowest BCUT2D eigenvalue weighted by Gasteiger charge is -2.41. The van der Waals surface area contributed by atoms with Gasteiger partial charge >= 0.3 is 5.97 Å². The highest BCUT2D eigenvalue weighted by Crippen LogP contribution is 2.39. The smallest absolute Gasteiger partial charge is 0.337 e. The van der Waals surface area contributed by atoms with Gasteiger partial charge in [-0.2, -0.15) is 9.61 Å². The van der Waals surface area contributed by atoms with Gasteiger partial charge in [-0.25, -0.2) is 14.2 Å². The van der Waals surface area contributed by atoms with Crippen LogP contribution in [0.25, 0.3) is 28.0 Å². The Morgan fingerprint density at radius 1 is 1.10 bits per heavy atom. The van der Waals surface area contributed by atoms with Gasteiger partial charge in [0.1, 0.15) is 17.4 Å². The van der Waals surface area contributed by atoms with Gasteiger partial charge in [-0.05, 0) is 84.2 Å². The van der Waals surface area contributed by atoms with Gasteiger partial charge in [-0.1, -0.05) is 30.4 Å². The predicted octanol–water partition coefficient (Wildman–Crippen LogP) is 8.36. The summed E-state index contributed by atoms with van der Waals surface area (Å²) in [5.74, 6) is -0.275. The SMILES string of the molecule is C=CCOC1(C)CCN(c2c(C(OC(C)(C)C)C(=O)O)c(C)nc3cc(-c4cccc(-c5cc(F)ccc5OC(C)CC=C)c4)nn23)CC1. The molecule has 260 valence electrons. The van der Waals surface area contributed by atoms with Crippen LogP contribution in [0, 0.1) is 12.7 Å². The molecule has 1 aliphatic rings. The molecular formula is C39H47FN4O5. The van der Waals surface area contributed by atoms with Gasteiger partial charge < -0.3 is 24.2 Å². The van der Waals surface area contributed by atoms with Gasteiger partial charge in [-0.15, -0.1) is 13.2 Å². The van der Waals surface area contributed by atoms with Crippen molar-refractivity contribution in [2.45, 2.75) is 84.2 Å². The molecule has 1 saturated heterocycles. The third-order valence-corrected chi connectivity index (χ3v) is 8.67. The number of benzene rings is 2. The second kappa shape index (κ2) is 14.5. The van der Waals surface area contributed by atoms with Crippen LogP contribution in [0.4, 0.5) is 10.2 Å². The van der Waals surface area contributed by atoms with Crippen LogP contribution in [-0.2, 0) is 14.3 Å². The first-order valence-electron chi connectivity index (χ1n) is 16.7. The molecular weight excluding hydrogens is 623 g/mol. The van der Waals surface area contributed by atoms with E-state index in [9.17, 15) is 14.3 Å². The normalized spacial score (nSPS) is 15.9. The number of hydrogen-bond donors (Lipinski definition) is 1. The van der Waals surface area contributed by atoms with Crippen molar-refractivity contribution in [2.75, 3.05) is 24.6 Å². The maximum Gasteiger partial charge on any atom is 0.337 e. The van der Waals surface area contributed by atoms with Crippen molar-refractivity contribution in [3.05, 3.63) is 90.9 Å². The first kappa shape index (κ1) is 35.8. The fourth-order valence-electron chi connectivity index (χ4n) is 6.23. The number of piperidine rings is 1. The van der Waals surface area contributed by atoms with Crippen LogP contribution in [0.5, 0.6) is 5.75 Å². The Labute approximate surface area is 288 Å². The maximum atomic E-state index is 14.5. The first-order valence-corrected chi connectivity index (χ1v) is 16.7. The Balaban J connectivity index is 1.63. The average molecular weight is 671 g/mol. The molecule has 9 nitrogen and oxygen atoms in total. The van der Waals surface area contributed by atoms with Crippen LogP contribution in [-0.4, -0.2) is 62.7 Å². The number of rotatable bonds is 13. The molecule has 0 bridgehead atoms. The van der Waals surface area contributed by atoms with Crippen molar-refractivity contribution in [3.63, 3.8) is 0 Å². The highest BCUT2D eigenvalue weighted by atomic mass is 19.1. The number of nitrogens with zero attached hydrogens (tertiary/aromatic N) is 4. The highest BCUT2D eigenvalue weighted by Gasteiger charge is 2.37. The molecule has 0 saturated carbocycles. The largest absolute Gasteiger partial charge is 0.490 e. The Kier molecular flexibility index (Phi) is 10.6. The van der Waals surface area contributed by atoms with Crippen molar-refractivity contribution in [2.24, 2.45) is 0 Å². The fraction of sp³-hybridized carbons (Fsp3) is 0.410. The van der Waals surface area contributed by atoms with Gasteiger partial charge in [-0.3, -0.25) is 0 Å². The van der Waals surface area contributed by atoms with Crippen LogP contribution in [0.2, 0.25) is 0 Å². The number of carbonyl (C=O) groups is 1. The molecule has 3 heterocycles. The topological polar surface area (TPSA) is 98.4 Å². The Morgan fingerprint density at radius 2 is 1.82 bits per heavy atom. The number of aryl methyl sites for hydroxylation is 1. The zero-order valence-corrected chi connectivity index (χ0v) is 29.3. The number of fused-ring (bicyclic) bond motifs is 1. The maximum absolute atomic E-state index is 14.5. The lowest BCUT2D eigenvalue weighted by atomic mass is 9.92. The van der Waals surface area contributed by atoms with E-state index < -0.39 is 17.7 Å². The lowest BCUT2D eigenvalue weighted by Crippen LogP contribution is -2.45. The fourth-order valence-corrected chi connectivity index (χ4v) is 6.23. The molecule has 49 heavy (non-hydrogen) atoms. The van der Waals surface area contributed by atoms with E-state index in [0.717, 1.165) is 24.0 Å². The minimum absolute atomic E-state index is 0.136. The number of aliphatic carboxylic acids is 1. The van der Waals surface area contributed by atoms with E-state index >= 15 is 0 Å². The zero-order chi connectivity index (χ0) is 35.5. The third-order valence-electron chi connectivity index (χ3n) is 8.67. The summed E-state index contributed by atoms with van der Waals surface area (Å²) in [4.78, 5) is 19.8. The number of ether oxygens (including phenoxy) is 3. The quantitative estimate of drug-likeness (QED) is 0.142. The molecule has 0 amide bonds. The lowest BCUT2D eigenvalue weighted by molar-refractivity contribution is -0.160. The summed E-state index contributed by atoms with van der Waals surface area (Å²) in [7, 11) is 0. The molecule has 5 rings (SSSR count). The standard InChI is InChI=1S/C39H47FN4O5/c1-9-12-25(3)48-32-16-15-29(40)23-30(32)27-13-11-14-28(22-27)31-24-33-41-26(4)34(35(37(45)46)49-38(5,6)7)36(44(33)42-31)43-19-17-39(8,18-20-43)47-21-10-2/h9-11,13-16,22-25,35H,1-2,12,17-21H2,3-8H3,(H,45,46). The Bertz CT molecular complexity index is 1840. The molecule has 2 aromatic heterocycles. The summed E-state index contributed by atoms with van der Waals surface area (Å²) in [6, 6.07) is 14.1. The van der Waals surface area contributed by atoms with Crippen LogP contribution in [0.15, 0.2) is 73.8 Å². The van der Waals surface area contributed by atoms with E-state index in [1.807, 2.05) is 65.0 Å². The van der Waals surface area contributed by atoms with Crippen molar-refractivity contribution in [1.82, 2.24) is 14.6 Å². The van der Waals surface area contributed by atoms with Crippen LogP contribution in [0.1, 0.15) is 71.2 Å². The predicted molar refractivity (Wildman–Crippen MR) is 191 cm³/mol. The second-order valence-corrected chi connectivity index (χ2v) is 13.9. The Hall–Kier alpha value is -4.54. The van der Waals surface area contributed by atoms with Gasteiger partial charge in [0.2, 0.25) is 0 Å². The van der Waals surface area contributed by atoms with Crippen LogP contribution < -0.4 is 9.64 Å². The molecule has 0 radical (unpaired) electrons. The zero-order valence-electron chi connectivity index (χ0n) is 29.3. The van der Waals surface area contributed by atoms with E-state index in [-0.39, 0.29) is 17.5 Å². The van der Waals surface area contributed by atoms with Gasteiger partial charge in [0.05, 0.1) is 35.2 Å². The van der Waals surface area contributed by atoms with Crippen molar-refractivity contribution < 1.29 is 28.5 Å². The highest BCUT2D eigenvalue weighted by molar-refractivity contribution is 5.80. The van der Waals surface area contributed by atoms with E-state index in [0.29, 0.717) is 65.8 Å². The number of carboxylic acids is 1. The molecule has 2 aromatic carbocycles. The van der Waals surface area contributed by atoms with Crippen LogP contribution >= 0.6 is 0 Å².